The number of hydrogen-bond donors (Lipinski definition) is 1. The van der Waals surface area contributed by atoms with E-state index in [2.05, 4.69) is 135 Å². The second-order valence-electron chi connectivity index (χ2n) is 16.3. The summed E-state index contributed by atoms with van der Waals surface area (Å²) in [5.41, 5.74) is 8.46. The van der Waals surface area contributed by atoms with Crippen LogP contribution in [0.25, 0.3) is 0 Å². The number of methoxy groups -OCH3 is 1. The molecule has 1 saturated carbocycles. The van der Waals surface area contributed by atoms with E-state index in [0.29, 0.717) is 12.3 Å². The fraction of sp³-hybridized carbons (Fsp3) is 0.640. The number of hydrogen-bond acceptors (Lipinski definition) is 4. The summed E-state index contributed by atoms with van der Waals surface area (Å²) in [5, 5.41) is 3.49. The van der Waals surface area contributed by atoms with Crippen molar-refractivity contribution in [2.75, 3.05) is 38.0 Å². The van der Waals surface area contributed by atoms with E-state index in [-0.39, 0.29) is 5.78 Å². The third-order valence-corrected chi connectivity index (χ3v) is 11.1. The minimum Gasteiger partial charge on any atom is -0.500 e. The van der Waals surface area contributed by atoms with Crippen molar-refractivity contribution in [2.24, 2.45) is 11.8 Å². The summed E-state index contributed by atoms with van der Waals surface area (Å²) in [6, 6.07) is 6.43. The molecule has 0 bridgehead atoms. The van der Waals surface area contributed by atoms with Crippen molar-refractivity contribution in [3.8, 4) is 0 Å². The number of nitrogens with zero attached hydrogens (tertiary/aromatic N) is 2. The van der Waals surface area contributed by atoms with Gasteiger partial charge < -0.3 is 15.0 Å². The first-order valence-corrected chi connectivity index (χ1v) is 22.0. The Morgan fingerprint density at radius 3 is 2.15 bits per heavy atom. The standard InChI is InChI=1S/C33H46N3O2.C8H18.C5H10.C4H10/c1-10-23(3)24(4)20-27(21-25(5)33-26(6)35(7)18-17-31(33)38-9)30(37)13-11-12-14-32-34-28-16-15-22(2)19-29(28)36(32)8;1-4-5-6-7-8(2)3;1-2-4-5-3-1;1-3-4-2/h14-16,19-21,23,34H,5,10-13,17-18H2,1-4,6-9H3;8H,4-7H2,1-3H3;1-5H2;3-4H2,1-2H3/q+1;;;/b24-20-,27-21+,32-14-;;;. The van der Waals surface area contributed by atoms with Crippen molar-refractivity contribution in [1.82, 2.24) is 0 Å². The van der Waals surface area contributed by atoms with Crippen LogP contribution in [0, 0.1) is 18.8 Å². The fourth-order valence-electron chi connectivity index (χ4n) is 6.64. The van der Waals surface area contributed by atoms with Crippen LogP contribution in [0.5, 0.6) is 0 Å². The van der Waals surface area contributed by atoms with Gasteiger partial charge in [-0.3, -0.25) is 4.79 Å². The van der Waals surface area contributed by atoms with Gasteiger partial charge in [0, 0.05) is 26.0 Å². The van der Waals surface area contributed by atoms with Crippen LogP contribution >= 0.6 is 0 Å². The topological polar surface area (TPSA) is 44.6 Å². The van der Waals surface area contributed by atoms with Crippen molar-refractivity contribution in [2.45, 2.75) is 172 Å². The molecule has 3 aliphatic rings. The predicted octanol–water partition coefficient (Wildman–Crippen LogP) is 14.3. The molecule has 1 aromatic rings. The highest BCUT2D eigenvalue weighted by molar-refractivity contribution is 6.03. The molecule has 1 atom stereocenters. The van der Waals surface area contributed by atoms with Gasteiger partial charge in [-0.25, -0.2) is 4.58 Å². The molecular weight excluding hydrogens is 675 g/mol. The Morgan fingerprint density at radius 1 is 0.964 bits per heavy atom. The average Bonchev–Trinajstić information content (AvgIpc) is 3.86. The maximum Gasteiger partial charge on any atom is 0.183 e. The Kier molecular flexibility index (Phi) is 25.4. The number of ether oxygens (including phenoxy) is 1. The molecule has 1 aliphatic carbocycles. The number of nitrogens with one attached hydrogen (secondary N) is 1. The number of aryl methyl sites for hydroxylation is 1. The van der Waals surface area contributed by atoms with Crippen molar-refractivity contribution in [1.29, 1.82) is 0 Å². The molecular formula is C50H84N3O2+. The zero-order chi connectivity index (χ0) is 41.3. The Morgan fingerprint density at radius 2 is 1.60 bits per heavy atom. The van der Waals surface area contributed by atoms with E-state index in [1.807, 2.05) is 6.08 Å². The molecule has 1 aromatic carbocycles. The van der Waals surface area contributed by atoms with Crippen LogP contribution in [0.15, 0.2) is 76.9 Å². The summed E-state index contributed by atoms with van der Waals surface area (Å²) in [5.74, 6) is 3.48. The molecule has 1 unspecified atom stereocenters. The van der Waals surface area contributed by atoms with Gasteiger partial charge in [0.05, 0.1) is 30.5 Å². The number of carbonyl (C=O) groups excluding carboxylic acids is 1. The molecule has 55 heavy (non-hydrogen) atoms. The maximum atomic E-state index is 13.5. The van der Waals surface area contributed by atoms with Gasteiger partial charge >= 0.3 is 0 Å². The van der Waals surface area contributed by atoms with Gasteiger partial charge in [-0.2, -0.15) is 0 Å². The number of fused-ring (bicyclic) bond motifs is 1. The molecule has 2 heterocycles. The lowest BCUT2D eigenvalue weighted by Crippen LogP contribution is -2.25. The number of rotatable bonds is 16. The molecule has 1 fully saturated rings. The second kappa shape index (κ2) is 28.1. The zero-order valence-electron chi connectivity index (χ0n) is 38.1. The summed E-state index contributed by atoms with van der Waals surface area (Å²) in [6.45, 7) is 27.2. The number of allylic oxidation sites excluding steroid dienone is 7. The minimum absolute atomic E-state index is 0.153. The highest BCUT2D eigenvalue weighted by Crippen LogP contribution is 2.36. The molecule has 4 rings (SSSR count). The Bertz CT molecular complexity index is 1460. The molecule has 2 aliphatic heterocycles. The molecule has 0 saturated heterocycles. The van der Waals surface area contributed by atoms with Gasteiger partial charge in [0.2, 0.25) is 0 Å². The number of anilines is 2. The Balaban J connectivity index is 0.000000732. The van der Waals surface area contributed by atoms with E-state index in [1.54, 1.807) is 7.11 Å². The lowest BCUT2D eigenvalue weighted by atomic mass is 9.91. The summed E-state index contributed by atoms with van der Waals surface area (Å²) in [6.07, 6.45) is 25.9. The summed E-state index contributed by atoms with van der Waals surface area (Å²) in [4.78, 5) is 15.7. The zero-order valence-corrected chi connectivity index (χ0v) is 38.1. The number of Topliss-reactive ketones (excluding diaryl/α,β-unsaturated/α-hetero) is 1. The van der Waals surface area contributed by atoms with Gasteiger partial charge in [0.25, 0.3) is 0 Å². The highest BCUT2D eigenvalue weighted by Gasteiger charge is 2.26. The number of carbonyl (C=O) groups is 1. The van der Waals surface area contributed by atoms with E-state index >= 15 is 0 Å². The predicted molar refractivity (Wildman–Crippen MR) is 244 cm³/mol. The first-order valence-electron chi connectivity index (χ1n) is 22.0. The normalized spacial score (nSPS) is 16.8. The summed E-state index contributed by atoms with van der Waals surface area (Å²) >= 11 is 0. The van der Waals surface area contributed by atoms with Gasteiger partial charge in [-0.05, 0) is 80.4 Å². The Hall–Kier alpha value is -3.34. The van der Waals surface area contributed by atoms with Crippen LogP contribution in [0.1, 0.15) is 171 Å². The third-order valence-electron chi connectivity index (χ3n) is 11.1. The first-order chi connectivity index (χ1) is 26.2. The molecule has 0 radical (unpaired) electrons. The van der Waals surface area contributed by atoms with Crippen LogP contribution in [0.2, 0.25) is 0 Å². The molecule has 1 N–H and O–H groups in total. The van der Waals surface area contributed by atoms with Gasteiger partial charge in [0.1, 0.15) is 25.2 Å². The van der Waals surface area contributed by atoms with Gasteiger partial charge in [0.15, 0.2) is 11.5 Å². The van der Waals surface area contributed by atoms with Crippen LogP contribution in [0.4, 0.5) is 11.4 Å². The van der Waals surface area contributed by atoms with Crippen LogP contribution < -0.4 is 10.2 Å². The minimum atomic E-state index is 0.153. The lowest BCUT2D eigenvalue weighted by molar-refractivity contribution is -0.498. The monoisotopic (exact) mass is 759 g/mol. The van der Waals surface area contributed by atoms with E-state index in [4.69, 9.17) is 4.74 Å². The van der Waals surface area contributed by atoms with Crippen molar-refractivity contribution < 1.29 is 14.1 Å². The third kappa shape index (κ3) is 18.4. The van der Waals surface area contributed by atoms with Gasteiger partial charge in [-0.15, -0.1) is 0 Å². The molecule has 310 valence electrons. The molecule has 0 aromatic heterocycles. The van der Waals surface area contributed by atoms with Gasteiger partial charge in [-0.1, -0.05) is 143 Å². The largest absolute Gasteiger partial charge is 0.500 e. The fourth-order valence-corrected chi connectivity index (χ4v) is 6.64. The smallest absolute Gasteiger partial charge is 0.183 e. The molecule has 5 heteroatoms. The lowest BCUT2D eigenvalue weighted by Gasteiger charge is -2.18. The number of ketones is 1. The second-order valence-corrected chi connectivity index (χ2v) is 16.3. The molecule has 0 spiro atoms. The maximum absolute atomic E-state index is 13.5. The molecule has 5 nitrogen and oxygen atoms in total. The van der Waals surface area contributed by atoms with E-state index in [0.717, 1.165) is 77.8 Å². The quantitative estimate of drug-likeness (QED) is 0.0789. The van der Waals surface area contributed by atoms with E-state index in [1.165, 1.54) is 87.5 Å². The van der Waals surface area contributed by atoms with Crippen molar-refractivity contribution in [3.63, 3.8) is 0 Å². The van der Waals surface area contributed by atoms with Crippen LogP contribution in [-0.4, -0.2) is 43.8 Å². The summed E-state index contributed by atoms with van der Waals surface area (Å²) in [7, 11) is 5.88. The van der Waals surface area contributed by atoms with Crippen LogP contribution in [-0.2, 0) is 9.53 Å². The summed E-state index contributed by atoms with van der Waals surface area (Å²) < 4.78 is 7.94. The SMILES string of the molecule is C1CCCC1.C=C(/C=C(\C=C(\C)C(C)CC)C(=O)CCC/C=C1/Nc2ccc(C)cc2N1C)C1=C(OC)CC[N+](C)=C1C.CCCC.CCCCCC(C)C. The van der Waals surface area contributed by atoms with Crippen LogP contribution in [0.3, 0.4) is 0 Å². The van der Waals surface area contributed by atoms with Crippen molar-refractivity contribution >= 4 is 22.9 Å². The highest BCUT2D eigenvalue weighted by atomic mass is 16.5. The number of benzene rings is 1. The van der Waals surface area contributed by atoms with E-state index < -0.39 is 0 Å². The first kappa shape index (κ1) is 49.7. The molecule has 0 amide bonds. The number of unbranched alkanes of at least 4 members (excludes halogenated alkanes) is 4. The van der Waals surface area contributed by atoms with Crippen molar-refractivity contribution in [3.05, 3.63) is 82.4 Å². The van der Waals surface area contributed by atoms with E-state index in [9.17, 15) is 4.79 Å². The average molecular weight is 759 g/mol. The Labute approximate surface area is 340 Å².